The number of phenolic OH excluding ortho intramolecular Hbond substituents is 1. The molecule has 0 saturated heterocycles. The van der Waals surface area contributed by atoms with Gasteiger partial charge >= 0.3 is 5.97 Å². The zero-order valence-electron chi connectivity index (χ0n) is 13.3. The highest BCUT2D eigenvalue weighted by Crippen LogP contribution is 2.35. The zero-order valence-corrected chi connectivity index (χ0v) is 16.5. The van der Waals surface area contributed by atoms with E-state index < -0.39 is 21.7 Å². The number of ether oxygens (including phenoxy) is 1. The summed E-state index contributed by atoms with van der Waals surface area (Å²) in [5, 5.41) is 10.2. The summed E-state index contributed by atoms with van der Waals surface area (Å²) in [6, 6.07) is 13.3. The van der Waals surface area contributed by atoms with Crippen LogP contribution < -0.4 is 9.46 Å². The molecule has 0 atom stereocenters. The molecule has 2 N–H and O–H groups in total. The van der Waals surface area contributed by atoms with Gasteiger partial charge in [-0.3, -0.25) is 4.72 Å². The molecule has 0 radical (unpaired) electrons. The van der Waals surface area contributed by atoms with Gasteiger partial charge in [0.1, 0.15) is 25.6 Å². The lowest BCUT2D eigenvalue weighted by atomic mass is 10.2. The van der Waals surface area contributed by atoms with Crippen molar-refractivity contribution in [3.63, 3.8) is 0 Å². The number of hydrogen-bond acceptors (Lipinski definition) is 6. The van der Waals surface area contributed by atoms with Crippen LogP contribution in [0.5, 0.6) is 11.5 Å². The number of para-hydroxylation sites is 1. The van der Waals surface area contributed by atoms with Gasteiger partial charge in [0.2, 0.25) is 0 Å². The van der Waals surface area contributed by atoms with Crippen molar-refractivity contribution >= 4 is 56.2 Å². The Balaban J connectivity index is 1.79. The number of aromatic hydroxyl groups is 1. The summed E-state index contributed by atoms with van der Waals surface area (Å²) in [6.07, 6.45) is 0. The van der Waals surface area contributed by atoms with Crippen molar-refractivity contribution in [2.75, 3.05) is 4.72 Å². The fourth-order valence-electron chi connectivity index (χ4n) is 2.08. The van der Waals surface area contributed by atoms with Crippen LogP contribution in [0.2, 0.25) is 9.36 Å². The summed E-state index contributed by atoms with van der Waals surface area (Å²) >= 11 is 12.4. The Morgan fingerprint density at radius 3 is 2.37 bits per heavy atom. The fourth-order valence-corrected chi connectivity index (χ4v) is 5.01. The number of carbonyl (C=O) groups is 1. The number of carbonyl (C=O) groups excluding carboxylic acids is 1. The number of rotatable bonds is 5. The van der Waals surface area contributed by atoms with Crippen molar-refractivity contribution in [2.45, 2.75) is 4.21 Å². The lowest BCUT2D eigenvalue weighted by molar-refractivity contribution is 0.0731. The van der Waals surface area contributed by atoms with Crippen LogP contribution in [-0.2, 0) is 10.0 Å². The Hall–Kier alpha value is -2.26. The van der Waals surface area contributed by atoms with E-state index in [-0.39, 0.29) is 24.8 Å². The van der Waals surface area contributed by atoms with Crippen LogP contribution in [0.3, 0.4) is 0 Å². The highest BCUT2D eigenvalue weighted by molar-refractivity contribution is 7.94. The highest BCUT2D eigenvalue weighted by atomic mass is 35.5. The van der Waals surface area contributed by atoms with Crippen LogP contribution >= 0.6 is 34.5 Å². The molecule has 0 saturated carbocycles. The average molecular weight is 444 g/mol. The standard InChI is InChI=1S/C17H11Cl2NO5S2/c18-13-9-15(26-16(13)19)27(23,24)20-10-6-7-12(14(21)8-10)17(22)25-11-4-2-1-3-5-11/h1-9,20-21H. The first-order valence-corrected chi connectivity index (χ1v) is 10.4. The summed E-state index contributed by atoms with van der Waals surface area (Å²) in [5.41, 5.74) is -0.0478. The molecule has 10 heteroatoms. The topological polar surface area (TPSA) is 92.7 Å². The third-order valence-electron chi connectivity index (χ3n) is 3.31. The number of anilines is 1. The number of sulfonamides is 1. The SMILES string of the molecule is O=C(Oc1ccccc1)c1ccc(NS(=O)(=O)c2cc(Cl)c(Cl)s2)cc1O. The van der Waals surface area contributed by atoms with Crippen molar-refractivity contribution < 1.29 is 23.1 Å². The number of hydrogen-bond donors (Lipinski definition) is 2. The second-order valence-electron chi connectivity index (χ2n) is 5.23. The minimum Gasteiger partial charge on any atom is -0.507 e. The molecule has 0 bridgehead atoms. The normalized spacial score (nSPS) is 11.2. The molecule has 0 aliphatic rings. The quantitative estimate of drug-likeness (QED) is 0.437. The van der Waals surface area contributed by atoms with Gasteiger partial charge < -0.3 is 9.84 Å². The molecule has 27 heavy (non-hydrogen) atoms. The smallest absolute Gasteiger partial charge is 0.347 e. The Morgan fingerprint density at radius 1 is 1.07 bits per heavy atom. The van der Waals surface area contributed by atoms with Gasteiger partial charge in [-0.25, -0.2) is 13.2 Å². The highest BCUT2D eigenvalue weighted by Gasteiger charge is 2.21. The molecule has 1 heterocycles. The minimum absolute atomic E-state index is 0.0596. The van der Waals surface area contributed by atoms with Crippen LogP contribution in [-0.4, -0.2) is 19.5 Å². The maximum Gasteiger partial charge on any atom is 0.347 e. The number of benzene rings is 2. The molecule has 0 amide bonds. The Kier molecular flexibility index (Phi) is 5.61. The summed E-state index contributed by atoms with van der Waals surface area (Å²) in [4.78, 5) is 12.1. The summed E-state index contributed by atoms with van der Waals surface area (Å²) < 4.78 is 32.2. The van der Waals surface area contributed by atoms with Crippen LogP contribution in [0, 0.1) is 0 Å². The fraction of sp³-hybridized carbons (Fsp3) is 0. The zero-order chi connectivity index (χ0) is 19.6. The molecule has 0 spiro atoms. The monoisotopic (exact) mass is 443 g/mol. The molecule has 6 nitrogen and oxygen atoms in total. The van der Waals surface area contributed by atoms with E-state index in [0.29, 0.717) is 5.75 Å². The lowest BCUT2D eigenvalue weighted by Gasteiger charge is -2.09. The first-order chi connectivity index (χ1) is 12.8. The molecule has 0 fully saturated rings. The van der Waals surface area contributed by atoms with E-state index in [4.69, 9.17) is 27.9 Å². The van der Waals surface area contributed by atoms with E-state index in [1.807, 2.05) is 0 Å². The maximum atomic E-state index is 12.3. The second kappa shape index (κ2) is 7.77. The molecular formula is C17H11Cl2NO5S2. The number of nitrogens with one attached hydrogen (secondary N) is 1. The van der Waals surface area contributed by atoms with Crippen LogP contribution in [0.15, 0.2) is 58.8 Å². The Morgan fingerprint density at radius 2 is 1.78 bits per heavy atom. The molecule has 3 aromatic rings. The number of thiophene rings is 1. The van der Waals surface area contributed by atoms with Crippen molar-refractivity contribution in [3.8, 4) is 11.5 Å². The molecule has 0 unspecified atom stereocenters. The van der Waals surface area contributed by atoms with E-state index in [2.05, 4.69) is 4.72 Å². The number of phenols is 1. The molecule has 3 rings (SSSR count). The van der Waals surface area contributed by atoms with Gasteiger partial charge in [-0.1, -0.05) is 41.4 Å². The van der Waals surface area contributed by atoms with E-state index in [1.54, 1.807) is 30.3 Å². The van der Waals surface area contributed by atoms with E-state index in [1.165, 1.54) is 18.2 Å². The first-order valence-electron chi connectivity index (χ1n) is 7.34. The summed E-state index contributed by atoms with van der Waals surface area (Å²) in [5.74, 6) is -0.888. The van der Waals surface area contributed by atoms with Gasteiger partial charge in [-0.15, -0.1) is 11.3 Å². The molecule has 1 aromatic heterocycles. The predicted molar refractivity (Wildman–Crippen MR) is 105 cm³/mol. The number of esters is 1. The predicted octanol–water partition coefficient (Wildman–Crippen LogP) is 4.78. The molecule has 0 aliphatic carbocycles. The largest absolute Gasteiger partial charge is 0.507 e. The third-order valence-corrected chi connectivity index (χ3v) is 7.03. The summed E-state index contributed by atoms with van der Waals surface area (Å²) in [7, 11) is -3.94. The molecule has 0 aliphatic heterocycles. The van der Waals surface area contributed by atoms with E-state index in [0.717, 1.165) is 17.4 Å². The summed E-state index contributed by atoms with van der Waals surface area (Å²) in [6.45, 7) is 0. The van der Waals surface area contributed by atoms with Crippen molar-refractivity contribution in [1.82, 2.24) is 0 Å². The number of halogens is 2. The van der Waals surface area contributed by atoms with Crippen LogP contribution in [0.1, 0.15) is 10.4 Å². The van der Waals surface area contributed by atoms with Gasteiger partial charge in [0.05, 0.1) is 10.7 Å². The van der Waals surface area contributed by atoms with Gasteiger partial charge in [-0.2, -0.15) is 0 Å². The molecular weight excluding hydrogens is 433 g/mol. The lowest BCUT2D eigenvalue weighted by Crippen LogP contribution is -2.12. The first kappa shape index (κ1) is 19.5. The van der Waals surface area contributed by atoms with E-state index in [9.17, 15) is 18.3 Å². The van der Waals surface area contributed by atoms with Crippen LogP contribution in [0.25, 0.3) is 0 Å². The maximum absolute atomic E-state index is 12.3. The second-order valence-corrected chi connectivity index (χ2v) is 9.20. The van der Waals surface area contributed by atoms with Gasteiger partial charge in [0, 0.05) is 6.07 Å². The molecule has 140 valence electrons. The van der Waals surface area contributed by atoms with Gasteiger partial charge in [0.25, 0.3) is 10.0 Å². The van der Waals surface area contributed by atoms with Crippen molar-refractivity contribution in [2.24, 2.45) is 0 Å². The van der Waals surface area contributed by atoms with E-state index >= 15 is 0 Å². The van der Waals surface area contributed by atoms with Crippen LogP contribution in [0.4, 0.5) is 5.69 Å². The van der Waals surface area contributed by atoms with Crippen molar-refractivity contribution in [3.05, 3.63) is 69.5 Å². The third kappa shape index (κ3) is 4.54. The average Bonchev–Trinajstić information content (AvgIpc) is 2.95. The Bertz CT molecular complexity index is 1080. The van der Waals surface area contributed by atoms with Crippen molar-refractivity contribution in [1.29, 1.82) is 0 Å². The van der Waals surface area contributed by atoms with Gasteiger partial charge in [0.15, 0.2) is 0 Å². The van der Waals surface area contributed by atoms with Gasteiger partial charge in [-0.05, 0) is 30.3 Å². The Labute approximate surface area is 169 Å². The minimum atomic E-state index is -3.94. The molecule has 2 aromatic carbocycles.